The van der Waals surface area contributed by atoms with Crippen LogP contribution in [0, 0.1) is 0 Å². The van der Waals surface area contributed by atoms with Crippen LogP contribution in [0.3, 0.4) is 0 Å². The second kappa shape index (κ2) is 5.54. The minimum Gasteiger partial charge on any atom is -0.394 e. The lowest BCUT2D eigenvalue weighted by molar-refractivity contribution is -0.129. The summed E-state index contributed by atoms with van der Waals surface area (Å²) in [6.45, 7) is 3.16. The third-order valence-electron chi connectivity index (χ3n) is 1.23. The first-order valence-corrected chi connectivity index (χ1v) is 3.77. The number of amides is 2. The van der Waals surface area contributed by atoms with E-state index in [0.29, 0.717) is 6.54 Å². The molecular weight excluding hydrogens is 160 g/mol. The maximum absolute atomic E-state index is 11.0. The van der Waals surface area contributed by atoms with Gasteiger partial charge in [-0.1, -0.05) is 0 Å². The minimum atomic E-state index is -0.831. The minimum absolute atomic E-state index is 0.333. The largest absolute Gasteiger partial charge is 0.394 e. The van der Waals surface area contributed by atoms with Crippen molar-refractivity contribution in [3.05, 3.63) is 0 Å². The van der Waals surface area contributed by atoms with Gasteiger partial charge in [0.15, 0.2) is 0 Å². The molecule has 0 aliphatic heterocycles. The smallest absolute Gasteiger partial charge is 0.244 e. The number of hydrogen-bond donors (Lipinski definition) is 3. The first kappa shape index (κ1) is 10.9. The van der Waals surface area contributed by atoms with Crippen molar-refractivity contribution in [2.24, 2.45) is 0 Å². The number of carbonyl (C=O) groups excluding carboxylic acids is 2. The highest BCUT2D eigenvalue weighted by molar-refractivity contribution is 5.86. The van der Waals surface area contributed by atoms with E-state index in [2.05, 4.69) is 10.6 Å². The molecule has 0 bridgehead atoms. The van der Waals surface area contributed by atoms with E-state index in [1.807, 2.05) is 0 Å². The molecule has 0 heterocycles. The standard InChI is InChI=1S/C7H14N2O3/c1-3-8-7(12)6(4-10)9-5(2)11/h6,10H,3-4H2,1-2H3,(H,8,12)(H,9,11)/t6-/m0/s1. The highest BCUT2D eigenvalue weighted by Crippen LogP contribution is 1.82. The van der Waals surface area contributed by atoms with Gasteiger partial charge < -0.3 is 15.7 Å². The van der Waals surface area contributed by atoms with Crippen molar-refractivity contribution in [1.29, 1.82) is 0 Å². The summed E-state index contributed by atoms with van der Waals surface area (Å²) in [4.78, 5) is 21.5. The molecule has 0 fully saturated rings. The fourth-order valence-electron chi connectivity index (χ4n) is 0.737. The van der Waals surface area contributed by atoms with Crippen molar-refractivity contribution in [2.75, 3.05) is 13.2 Å². The van der Waals surface area contributed by atoms with Crippen LogP contribution in [0.25, 0.3) is 0 Å². The zero-order valence-corrected chi connectivity index (χ0v) is 7.26. The summed E-state index contributed by atoms with van der Waals surface area (Å²) in [7, 11) is 0. The van der Waals surface area contributed by atoms with E-state index in [4.69, 9.17) is 5.11 Å². The quantitative estimate of drug-likeness (QED) is 0.491. The molecule has 0 aromatic rings. The summed E-state index contributed by atoms with van der Waals surface area (Å²) in [5, 5.41) is 13.5. The van der Waals surface area contributed by atoms with Gasteiger partial charge in [0.05, 0.1) is 6.61 Å². The summed E-state index contributed by atoms with van der Waals surface area (Å²) in [5.41, 5.74) is 0. The lowest BCUT2D eigenvalue weighted by Crippen LogP contribution is -2.48. The monoisotopic (exact) mass is 174 g/mol. The van der Waals surface area contributed by atoms with Crippen molar-refractivity contribution >= 4 is 11.8 Å². The van der Waals surface area contributed by atoms with Crippen molar-refractivity contribution in [3.63, 3.8) is 0 Å². The molecule has 2 amide bonds. The van der Waals surface area contributed by atoms with Gasteiger partial charge in [-0.3, -0.25) is 9.59 Å². The molecule has 1 atom stereocenters. The van der Waals surface area contributed by atoms with Crippen LogP contribution < -0.4 is 10.6 Å². The summed E-state index contributed by atoms with van der Waals surface area (Å²) in [6.07, 6.45) is 0. The van der Waals surface area contributed by atoms with Gasteiger partial charge in [-0.2, -0.15) is 0 Å². The third kappa shape index (κ3) is 3.92. The van der Waals surface area contributed by atoms with E-state index in [1.165, 1.54) is 6.92 Å². The maximum Gasteiger partial charge on any atom is 0.244 e. The molecule has 0 radical (unpaired) electrons. The lowest BCUT2D eigenvalue weighted by atomic mass is 10.3. The molecule has 5 nitrogen and oxygen atoms in total. The fraction of sp³-hybridized carbons (Fsp3) is 0.714. The van der Waals surface area contributed by atoms with Crippen molar-refractivity contribution < 1.29 is 14.7 Å². The molecule has 5 heteroatoms. The Kier molecular flexibility index (Phi) is 5.03. The van der Waals surface area contributed by atoms with Gasteiger partial charge in [-0.05, 0) is 6.92 Å². The van der Waals surface area contributed by atoms with Crippen molar-refractivity contribution in [3.8, 4) is 0 Å². The van der Waals surface area contributed by atoms with E-state index in [0.717, 1.165) is 0 Å². The summed E-state index contributed by atoms with van der Waals surface area (Å²) in [5.74, 6) is -0.699. The molecule has 0 aliphatic carbocycles. The van der Waals surface area contributed by atoms with E-state index < -0.39 is 6.04 Å². The number of nitrogens with one attached hydrogen (secondary N) is 2. The fourth-order valence-corrected chi connectivity index (χ4v) is 0.737. The summed E-state index contributed by atoms with van der Waals surface area (Å²) >= 11 is 0. The highest BCUT2D eigenvalue weighted by Gasteiger charge is 2.16. The average molecular weight is 174 g/mol. The normalized spacial score (nSPS) is 11.9. The Morgan fingerprint density at radius 1 is 1.50 bits per heavy atom. The first-order valence-electron chi connectivity index (χ1n) is 3.77. The van der Waals surface area contributed by atoms with E-state index in [-0.39, 0.29) is 18.4 Å². The molecule has 0 aromatic heterocycles. The second-order valence-corrected chi connectivity index (χ2v) is 2.33. The molecule has 0 saturated carbocycles. The molecule has 3 N–H and O–H groups in total. The number of hydrogen-bond acceptors (Lipinski definition) is 3. The SMILES string of the molecule is CCNC(=O)[C@H](CO)NC(C)=O. The van der Waals surface area contributed by atoms with Gasteiger partial charge in [-0.25, -0.2) is 0 Å². The number of rotatable bonds is 4. The Bertz CT molecular complexity index is 170. The molecule has 0 rings (SSSR count). The van der Waals surface area contributed by atoms with Crippen molar-refractivity contribution in [2.45, 2.75) is 19.9 Å². The Balaban J connectivity index is 3.96. The Hall–Kier alpha value is -1.10. The third-order valence-corrected chi connectivity index (χ3v) is 1.23. The Labute approximate surface area is 71.1 Å². The van der Waals surface area contributed by atoms with Crippen LogP contribution in [0.15, 0.2) is 0 Å². The average Bonchev–Trinajstić information content (AvgIpc) is 2.00. The van der Waals surface area contributed by atoms with E-state index >= 15 is 0 Å². The van der Waals surface area contributed by atoms with E-state index in [1.54, 1.807) is 6.92 Å². The van der Waals surface area contributed by atoms with Crippen LogP contribution in [0.5, 0.6) is 0 Å². The highest BCUT2D eigenvalue weighted by atomic mass is 16.3. The molecule has 0 unspecified atom stereocenters. The lowest BCUT2D eigenvalue weighted by Gasteiger charge is -2.13. The van der Waals surface area contributed by atoms with Crippen LogP contribution in [0.2, 0.25) is 0 Å². The maximum atomic E-state index is 11.0. The van der Waals surface area contributed by atoms with Crippen LogP contribution >= 0.6 is 0 Å². The molecule has 12 heavy (non-hydrogen) atoms. The number of aliphatic hydroxyl groups excluding tert-OH is 1. The Morgan fingerprint density at radius 3 is 2.42 bits per heavy atom. The predicted molar refractivity (Wildman–Crippen MR) is 43.4 cm³/mol. The van der Waals surface area contributed by atoms with Gasteiger partial charge in [-0.15, -0.1) is 0 Å². The molecule has 0 spiro atoms. The van der Waals surface area contributed by atoms with Gasteiger partial charge in [0.1, 0.15) is 6.04 Å². The topological polar surface area (TPSA) is 78.4 Å². The zero-order chi connectivity index (χ0) is 9.56. The Morgan fingerprint density at radius 2 is 2.08 bits per heavy atom. The zero-order valence-electron chi connectivity index (χ0n) is 7.26. The van der Waals surface area contributed by atoms with Crippen LogP contribution in [-0.4, -0.2) is 36.1 Å². The molecule has 0 aliphatic rings. The molecule has 70 valence electrons. The number of aliphatic hydroxyl groups is 1. The van der Waals surface area contributed by atoms with Crippen LogP contribution in [0.1, 0.15) is 13.8 Å². The van der Waals surface area contributed by atoms with Crippen LogP contribution in [0.4, 0.5) is 0 Å². The number of carbonyl (C=O) groups is 2. The predicted octanol–water partition coefficient (Wildman–Crippen LogP) is -1.38. The molecular formula is C7H14N2O3. The summed E-state index contributed by atoms with van der Waals surface area (Å²) < 4.78 is 0. The van der Waals surface area contributed by atoms with Gasteiger partial charge >= 0.3 is 0 Å². The summed E-state index contributed by atoms with van der Waals surface area (Å²) in [6, 6.07) is -0.831. The number of likely N-dealkylation sites (N-methyl/N-ethyl adjacent to an activating group) is 1. The van der Waals surface area contributed by atoms with Crippen molar-refractivity contribution in [1.82, 2.24) is 10.6 Å². The molecule has 0 aromatic carbocycles. The second-order valence-electron chi connectivity index (χ2n) is 2.33. The van der Waals surface area contributed by atoms with Gasteiger partial charge in [0.2, 0.25) is 11.8 Å². The van der Waals surface area contributed by atoms with Gasteiger partial charge in [0.25, 0.3) is 0 Å². The first-order chi connectivity index (χ1) is 5.61. The van der Waals surface area contributed by atoms with Gasteiger partial charge in [0, 0.05) is 13.5 Å². The van der Waals surface area contributed by atoms with E-state index in [9.17, 15) is 9.59 Å². The molecule has 0 saturated heterocycles. The van der Waals surface area contributed by atoms with Crippen LogP contribution in [-0.2, 0) is 9.59 Å².